The number of para-hydroxylation sites is 2. The van der Waals surface area contributed by atoms with Gasteiger partial charge in [0.25, 0.3) is 17.1 Å². The molecule has 2 heterocycles. The van der Waals surface area contributed by atoms with Gasteiger partial charge in [0, 0.05) is 24.3 Å². The number of carbonyl (C=O) groups excluding carboxylic acids is 4. The van der Waals surface area contributed by atoms with Crippen LogP contribution in [0.1, 0.15) is 18.4 Å². The summed E-state index contributed by atoms with van der Waals surface area (Å²) < 4.78 is 5.67. The van der Waals surface area contributed by atoms with Crippen molar-refractivity contribution < 1.29 is 23.9 Å². The predicted molar refractivity (Wildman–Crippen MR) is 125 cm³/mol. The van der Waals surface area contributed by atoms with Crippen molar-refractivity contribution in [2.75, 3.05) is 31.6 Å². The number of ether oxygens (including phenoxy) is 1. The second kappa shape index (κ2) is 10.4. The number of hydrogen-bond acceptors (Lipinski definition) is 6. The molecule has 2 fully saturated rings. The van der Waals surface area contributed by atoms with Gasteiger partial charge < -0.3 is 15.0 Å². The topological polar surface area (TPSA) is 96.0 Å². The maximum Gasteiger partial charge on any atom is 0.294 e. The molecule has 0 aliphatic carbocycles. The van der Waals surface area contributed by atoms with Crippen molar-refractivity contribution in [3.8, 4) is 5.75 Å². The molecule has 0 atom stereocenters. The molecular formula is C24H23N3O5S. The van der Waals surface area contributed by atoms with Crippen LogP contribution in [0.5, 0.6) is 5.75 Å². The molecule has 8 nitrogen and oxygen atoms in total. The zero-order chi connectivity index (χ0) is 23.2. The van der Waals surface area contributed by atoms with Gasteiger partial charge in [-0.05, 0) is 48.9 Å². The van der Waals surface area contributed by atoms with Crippen LogP contribution in [-0.2, 0) is 14.4 Å². The molecule has 2 aromatic carbocycles. The number of anilines is 1. The van der Waals surface area contributed by atoms with Crippen LogP contribution in [0.25, 0.3) is 6.08 Å². The van der Waals surface area contributed by atoms with Crippen LogP contribution >= 0.6 is 11.8 Å². The van der Waals surface area contributed by atoms with Crippen LogP contribution in [0, 0.1) is 0 Å². The van der Waals surface area contributed by atoms with Crippen molar-refractivity contribution in [3.05, 3.63) is 65.1 Å². The molecule has 0 radical (unpaired) electrons. The average Bonchev–Trinajstić information content (AvgIpc) is 3.44. The van der Waals surface area contributed by atoms with Crippen molar-refractivity contribution in [3.63, 3.8) is 0 Å². The fraction of sp³-hybridized carbons (Fsp3) is 0.250. The van der Waals surface area contributed by atoms with E-state index in [0.29, 0.717) is 30.1 Å². The van der Waals surface area contributed by atoms with Gasteiger partial charge in [-0.2, -0.15) is 0 Å². The number of amides is 4. The van der Waals surface area contributed by atoms with Crippen LogP contribution < -0.4 is 10.1 Å². The van der Waals surface area contributed by atoms with E-state index in [4.69, 9.17) is 4.74 Å². The average molecular weight is 466 g/mol. The quantitative estimate of drug-likeness (QED) is 0.630. The Morgan fingerprint density at radius 3 is 2.45 bits per heavy atom. The molecule has 2 aliphatic heterocycles. The van der Waals surface area contributed by atoms with Crippen molar-refractivity contribution in [1.82, 2.24) is 9.80 Å². The lowest BCUT2D eigenvalue weighted by Gasteiger charge is -2.18. The molecule has 170 valence electrons. The molecule has 33 heavy (non-hydrogen) atoms. The Morgan fingerprint density at radius 1 is 1.00 bits per heavy atom. The fourth-order valence-corrected chi connectivity index (χ4v) is 4.40. The third kappa shape index (κ3) is 5.61. The van der Waals surface area contributed by atoms with Gasteiger partial charge in [-0.3, -0.25) is 24.1 Å². The largest absolute Gasteiger partial charge is 0.483 e. The highest BCUT2D eigenvalue weighted by molar-refractivity contribution is 8.18. The number of nitrogens with zero attached hydrogens (tertiary/aromatic N) is 2. The Balaban J connectivity index is 1.41. The summed E-state index contributed by atoms with van der Waals surface area (Å²) in [4.78, 5) is 52.6. The van der Waals surface area contributed by atoms with Gasteiger partial charge in [-0.1, -0.05) is 36.4 Å². The maximum atomic E-state index is 12.8. The van der Waals surface area contributed by atoms with Gasteiger partial charge in [0.2, 0.25) is 5.91 Å². The first-order valence-corrected chi connectivity index (χ1v) is 11.4. The number of thioether (sulfide) groups is 1. The maximum absolute atomic E-state index is 12.8. The highest BCUT2D eigenvalue weighted by atomic mass is 32.2. The summed E-state index contributed by atoms with van der Waals surface area (Å²) in [6.07, 6.45) is 3.43. The molecule has 0 aromatic heterocycles. The van der Waals surface area contributed by atoms with Crippen molar-refractivity contribution >= 4 is 46.5 Å². The Hall–Kier alpha value is -3.59. The summed E-state index contributed by atoms with van der Waals surface area (Å²) in [5, 5.41) is 2.27. The molecule has 2 saturated heterocycles. The SMILES string of the molecule is O=C(COc1ccccc1/C=C1\SC(=O)N(CC(=O)N2CCCC2)C1=O)Nc1ccccc1. The first-order chi connectivity index (χ1) is 16.0. The number of carbonyl (C=O) groups is 4. The summed E-state index contributed by atoms with van der Waals surface area (Å²) in [6, 6.07) is 16.0. The molecule has 1 N–H and O–H groups in total. The van der Waals surface area contributed by atoms with Gasteiger partial charge in [-0.15, -0.1) is 0 Å². The zero-order valence-corrected chi connectivity index (χ0v) is 18.7. The van der Waals surface area contributed by atoms with Crippen molar-refractivity contribution in [1.29, 1.82) is 0 Å². The molecular weight excluding hydrogens is 442 g/mol. The molecule has 0 spiro atoms. The lowest BCUT2D eigenvalue weighted by atomic mass is 10.2. The van der Waals surface area contributed by atoms with E-state index in [0.717, 1.165) is 29.5 Å². The summed E-state index contributed by atoms with van der Waals surface area (Å²) in [7, 11) is 0. The van der Waals surface area contributed by atoms with Crippen molar-refractivity contribution in [2.45, 2.75) is 12.8 Å². The van der Waals surface area contributed by atoms with Gasteiger partial charge >= 0.3 is 0 Å². The van der Waals surface area contributed by atoms with Gasteiger partial charge in [-0.25, -0.2) is 0 Å². The highest BCUT2D eigenvalue weighted by Crippen LogP contribution is 2.34. The van der Waals surface area contributed by atoms with Crippen LogP contribution in [0.4, 0.5) is 10.5 Å². The summed E-state index contributed by atoms with van der Waals surface area (Å²) >= 11 is 0.789. The number of benzene rings is 2. The van der Waals surface area contributed by atoms with Gasteiger partial charge in [0.15, 0.2) is 6.61 Å². The summed E-state index contributed by atoms with van der Waals surface area (Å²) in [5.74, 6) is -0.643. The molecule has 2 aliphatic rings. The Labute approximate surface area is 195 Å². The number of rotatable bonds is 7. The fourth-order valence-electron chi connectivity index (χ4n) is 3.57. The summed E-state index contributed by atoms with van der Waals surface area (Å²) in [5.41, 5.74) is 1.22. The molecule has 0 saturated carbocycles. The van der Waals surface area contributed by atoms with Crippen molar-refractivity contribution in [2.24, 2.45) is 0 Å². The molecule has 9 heteroatoms. The normalized spacial score (nSPS) is 17.0. The number of nitrogens with one attached hydrogen (secondary N) is 1. The van der Waals surface area contributed by atoms with E-state index in [1.807, 2.05) is 18.2 Å². The second-order valence-electron chi connectivity index (χ2n) is 7.60. The first-order valence-electron chi connectivity index (χ1n) is 10.6. The lowest BCUT2D eigenvalue weighted by Crippen LogP contribution is -2.40. The molecule has 0 unspecified atom stereocenters. The van der Waals surface area contributed by atoms with Gasteiger partial charge in [0.05, 0.1) is 4.91 Å². The number of hydrogen-bond donors (Lipinski definition) is 1. The van der Waals surface area contributed by atoms with E-state index in [-0.39, 0.29) is 29.9 Å². The van der Waals surface area contributed by atoms with E-state index in [1.165, 1.54) is 0 Å². The van der Waals surface area contributed by atoms with Crippen LogP contribution in [0.3, 0.4) is 0 Å². The predicted octanol–water partition coefficient (Wildman–Crippen LogP) is 3.36. The summed E-state index contributed by atoms with van der Waals surface area (Å²) in [6.45, 7) is 0.853. The molecule has 0 bridgehead atoms. The number of imide groups is 1. The van der Waals surface area contributed by atoms with E-state index in [2.05, 4.69) is 5.32 Å². The third-order valence-corrected chi connectivity index (χ3v) is 6.16. The van der Waals surface area contributed by atoms with Crippen LogP contribution in [0.15, 0.2) is 59.5 Å². The van der Waals surface area contributed by atoms with E-state index in [1.54, 1.807) is 47.4 Å². The smallest absolute Gasteiger partial charge is 0.294 e. The third-order valence-electron chi connectivity index (χ3n) is 5.25. The van der Waals surface area contributed by atoms with E-state index in [9.17, 15) is 19.2 Å². The van der Waals surface area contributed by atoms with E-state index >= 15 is 0 Å². The zero-order valence-electron chi connectivity index (χ0n) is 17.9. The minimum absolute atomic E-state index is 0.207. The van der Waals surface area contributed by atoms with Crippen LogP contribution in [0.2, 0.25) is 0 Å². The number of likely N-dealkylation sites (tertiary alicyclic amines) is 1. The van der Waals surface area contributed by atoms with Gasteiger partial charge in [0.1, 0.15) is 12.3 Å². The Bertz CT molecular complexity index is 1100. The van der Waals surface area contributed by atoms with Crippen LogP contribution in [-0.4, -0.2) is 59.0 Å². The minimum atomic E-state index is -0.505. The Morgan fingerprint density at radius 2 is 1.70 bits per heavy atom. The minimum Gasteiger partial charge on any atom is -0.483 e. The molecule has 2 aromatic rings. The second-order valence-corrected chi connectivity index (χ2v) is 8.59. The molecule has 4 amide bonds. The van der Waals surface area contributed by atoms with E-state index < -0.39 is 11.1 Å². The first kappa shape index (κ1) is 22.6. The highest BCUT2D eigenvalue weighted by Gasteiger charge is 2.37. The Kier molecular flexibility index (Phi) is 7.09. The monoisotopic (exact) mass is 465 g/mol. The molecule has 4 rings (SSSR count). The standard InChI is InChI=1S/C24H23N3O5S/c28-21(25-18-9-2-1-3-10-18)16-32-19-11-5-4-8-17(19)14-20-23(30)27(24(31)33-20)15-22(29)26-12-6-7-13-26/h1-5,8-11,14H,6-7,12-13,15-16H2,(H,25,28)/b20-14-. The lowest BCUT2D eigenvalue weighted by molar-refractivity contribution is -0.135.